The fourth-order valence-electron chi connectivity index (χ4n) is 2.93. The third-order valence-electron chi connectivity index (χ3n) is 4.12. The van der Waals surface area contributed by atoms with Gasteiger partial charge >= 0.3 is 0 Å². The average molecular weight is 380 g/mol. The van der Waals surface area contributed by atoms with Crippen molar-refractivity contribution in [1.29, 1.82) is 0 Å². The van der Waals surface area contributed by atoms with Crippen molar-refractivity contribution in [3.05, 3.63) is 34.5 Å². The molecule has 1 fully saturated rings. The maximum atomic E-state index is 12.0. The van der Waals surface area contributed by atoms with E-state index in [9.17, 15) is 13.2 Å². The Bertz CT molecular complexity index is 820. The summed E-state index contributed by atoms with van der Waals surface area (Å²) in [6.07, 6.45) is 0.916. The second kappa shape index (κ2) is 7.49. The molecule has 134 valence electrons. The lowest BCUT2D eigenvalue weighted by Gasteiger charge is -2.27. The number of carbonyl (C=O) groups is 1. The Morgan fingerprint density at radius 3 is 2.76 bits per heavy atom. The molecule has 1 aliphatic heterocycles. The van der Waals surface area contributed by atoms with Gasteiger partial charge < -0.3 is 10.2 Å². The summed E-state index contributed by atoms with van der Waals surface area (Å²) in [5.74, 6) is 1.25. The van der Waals surface area contributed by atoms with Crippen LogP contribution in [-0.4, -0.2) is 48.6 Å². The summed E-state index contributed by atoms with van der Waals surface area (Å²) < 4.78 is 23.4. The number of sulfone groups is 1. The standard InChI is InChI=1S/C16H20N4O3S2/c1-2-20(12-7-9-25(22,23)11-12)15-6-5-14(18-19-15)17-16(21)10-13-4-3-8-24-13/h3-6,8,12H,2,7,9-11H2,1H3,(H,17,18,21). The highest BCUT2D eigenvalue weighted by molar-refractivity contribution is 7.91. The number of carbonyl (C=O) groups excluding carboxylic acids is 1. The predicted molar refractivity (Wildman–Crippen MR) is 98.8 cm³/mol. The molecule has 1 aliphatic rings. The SMILES string of the molecule is CCN(c1ccc(NC(=O)Cc2cccs2)nn1)C1CCS(=O)(=O)C1. The van der Waals surface area contributed by atoms with Gasteiger partial charge in [0.2, 0.25) is 5.91 Å². The monoisotopic (exact) mass is 380 g/mol. The Morgan fingerprint density at radius 2 is 2.20 bits per heavy atom. The highest BCUT2D eigenvalue weighted by atomic mass is 32.2. The molecule has 1 saturated heterocycles. The molecule has 25 heavy (non-hydrogen) atoms. The summed E-state index contributed by atoms with van der Waals surface area (Å²) in [4.78, 5) is 14.9. The molecule has 0 radical (unpaired) electrons. The topological polar surface area (TPSA) is 92.3 Å². The number of amides is 1. The Balaban J connectivity index is 1.63. The van der Waals surface area contributed by atoms with Gasteiger partial charge in [0.1, 0.15) is 0 Å². The lowest BCUT2D eigenvalue weighted by atomic mass is 10.2. The zero-order valence-electron chi connectivity index (χ0n) is 13.9. The van der Waals surface area contributed by atoms with Crippen molar-refractivity contribution in [2.24, 2.45) is 0 Å². The first-order chi connectivity index (χ1) is 12.0. The molecule has 3 rings (SSSR count). The highest BCUT2D eigenvalue weighted by Crippen LogP contribution is 2.22. The number of rotatable bonds is 6. The van der Waals surface area contributed by atoms with Crippen LogP contribution in [0.3, 0.4) is 0 Å². The summed E-state index contributed by atoms with van der Waals surface area (Å²) in [5.41, 5.74) is 0. The molecule has 0 aromatic carbocycles. The fraction of sp³-hybridized carbons (Fsp3) is 0.438. The molecule has 0 saturated carbocycles. The van der Waals surface area contributed by atoms with Crippen molar-refractivity contribution in [2.45, 2.75) is 25.8 Å². The molecule has 1 N–H and O–H groups in total. The van der Waals surface area contributed by atoms with Crippen LogP contribution >= 0.6 is 11.3 Å². The van der Waals surface area contributed by atoms with Crippen LogP contribution in [0.25, 0.3) is 0 Å². The average Bonchev–Trinajstić information content (AvgIpc) is 3.19. The Hall–Kier alpha value is -2.00. The largest absolute Gasteiger partial charge is 0.351 e. The van der Waals surface area contributed by atoms with Crippen LogP contribution in [0.2, 0.25) is 0 Å². The first-order valence-electron chi connectivity index (χ1n) is 8.10. The van der Waals surface area contributed by atoms with E-state index >= 15 is 0 Å². The van der Waals surface area contributed by atoms with Crippen LogP contribution in [0.5, 0.6) is 0 Å². The zero-order valence-corrected chi connectivity index (χ0v) is 15.5. The number of hydrogen-bond donors (Lipinski definition) is 1. The van der Waals surface area contributed by atoms with Gasteiger partial charge in [-0.05, 0) is 36.9 Å². The molecule has 9 heteroatoms. The molecular formula is C16H20N4O3S2. The van der Waals surface area contributed by atoms with E-state index in [4.69, 9.17) is 0 Å². The van der Waals surface area contributed by atoms with E-state index in [0.717, 1.165) is 4.88 Å². The first-order valence-corrected chi connectivity index (χ1v) is 10.8. The van der Waals surface area contributed by atoms with E-state index in [1.807, 2.05) is 29.3 Å². The van der Waals surface area contributed by atoms with Gasteiger partial charge in [0.05, 0.1) is 17.9 Å². The summed E-state index contributed by atoms with van der Waals surface area (Å²) in [5, 5.41) is 12.9. The maximum absolute atomic E-state index is 12.0. The van der Waals surface area contributed by atoms with Gasteiger partial charge in [-0.2, -0.15) is 0 Å². The fourth-order valence-corrected chi connectivity index (χ4v) is 5.37. The van der Waals surface area contributed by atoms with Gasteiger partial charge in [-0.25, -0.2) is 8.42 Å². The van der Waals surface area contributed by atoms with Gasteiger partial charge in [-0.1, -0.05) is 6.07 Å². The van der Waals surface area contributed by atoms with Gasteiger partial charge in [0.15, 0.2) is 21.5 Å². The molecule has 2 aromatic rings. The van der Waals surface area contributed by atoms with Crippen LogP contribution in [-0.2, 0) is 21.1 Å². The number of nitrogens with zero attached hydrogens (tertiary/aromatic N) is 3. The number of anilines is 2. The molecule has 1 amide bonds. The molecule has 3 heterocycles. The molecule has 0 aliphatic carbocycles. The third-order valence-corrected chi connectivity index (χ3v) is 6.74. The maximum Gasteiger partial charge on any atom is 0.230 e. The van der Waals surface area contributed by atoms with Gasteiger partial charge in [-0.3, -0.25) is 4.79 Å². The minimum Gasteiger partial charge on any atom is -0.351 e. The highest BCUT2D eigenvalue weighted by Gasteiger charge is 2.32. The third kappa shape index (κ3) is 4.55. The molecule has 0 bridgehead atoms. The smallest absolute Gasteiger partial charge is 0.230 e. The van der Waals surface area contributed by atoms with Gasteiger partial charge in [-0.15, -0.1) is 21.5 Å². The normalized spacial score (nSPS) is 18.8. The van der Waals surface area contributed by atoms with Crippen molar-refractivity contribution in [3.63, 3.8) is 0 Å². The molecule has 1 atom stereocenters. The molecule has 7 nitrogen and oxygen atoms in total. The van der Waals surface area contributed by atoms with Crippen molar-refractivity contribution < 1.29 is 13.2 Å². The van der Waals surface area contributed by atoms with E-state index in [2.05, 4.69) is 15.5 Å². The zero-order chi connectivity index (χ0) is 17.9. The number of aromatic nitrogens is 2. The second-order valence-electron chi connectivity index (χ2n) is 5.92. The number of nitrogens with one attached hydrogen (secondary N) is 1. The van der Waals surface area contributed by atoms with E-state index in [1.54, 1.807) is 12.1 Å². The summed E-state index contributed by atoms with van der Waals surface area (Å²) in [7, 11) is -2.95. The Labute approximate surface area is 151 Å². The van der Waals surface area contributed by atoms with Gasteiger partial charge in [0.25, 0.3) is 0 Å². The van der Waals surface area contributed by atoms with E-state index in [1.165, 1.54) is 11.3 Å². The Kier molecular flexibility index (Phi) is 5.33. The molecule has 0 spiro atoms. The lowest BCUT2D eigenvalue weighted by Crippen LogP contribution is -2.36. The van der Waals surface area contributed by atoms with Crippen molar-refractivity contribution in [1.82, 2.24) is 10.2 Å². The minimum absolute atomic E-state index is 0.0661. The van der Waals surface area contributed by atoms with Crippen LogP contribution < -0.4 is 10.2 Å². The molecular weight excluding hydrogens is 360 g/mol. The second-order valence-corrected chi connectivity index (χ2v) is 9.18. The summed E-state index contributed by atoms with van der Waals surface area (Å²) in [6.45, 7) is 2.61. The number of hydrogen-bond acceptors (Lipinski definition) is 7. The minimum atomic E-state index is -2.95. The van der Waals surface area contributed by atoms with Crippen LogP contribution in [0.1, 0.15) is 18.2 Å². The van der Waals surface area contributed by atoms with Crippen molar-refractivity contribution >= 4 is 38.7 Å². The van der Waals surface area contributed by atoms with Gasteiger partial charge in [0, 0.05) is 17.5 Å². The lowest BCUT2D eigenvalue weighted by molar-refractivity contribution is -0.115. The molecule has 1 unspecified atom stereocenters. The van der Waals surface area contributed by atoms with Crippen molar-refractivity contribution in [3.8, 4) is 0 Å². The van der Waals surface area contributed by atoms with Crippen molar-refractivity contribution in [2.75, 3.05) is 28.3 Å². The molecule has 2 aromatic heterocycles. The van der Waals surface area contributed by atoms with E-state index < -0.39 is 9.84 Å². The summed E-state index contributed by atoms with van der Waals surface area (Å²) >= 11 is 1.53. The van der Waals surface area contributed by atoms with E-state index in [-0.39, 0.29) is 23.5 Å². The van der Waals surface area contributed by atoms with Crippen LogP contribution in [0, 0.1) is 0 Å². The summed E-state index contributed by atoms with van der Waals surface area (Å²) in [6, 6.07) is 7.21. The predicted octanol–water partition coefficient (Wildman–Crippen LogP) is 1.73. The van der Waals surface area contributed by atoms with E-state index in [0.29, 0.717) is 31.0 Å². The first kappa shape index (κ1) is 17.8. The Morgan fingerprint density at radius 1 is 1.36 bits per heavy atom. The van der Waals surface area contributed by atoms with Crippen LogP contribution in [0.4, 0.5) is 11.6 Å². The number of thiophene rings is 1. The quantitative estimate of drug-likeness (QED) is 0.821. The van der Waals surface area contributed by atoms with Crippen LogP contribution in [0.15, 0.2) is 29.6 Å².